The minimum Gasteiger partial charge on any atom is -0.389 e. The number of hydrogen-bond donors (Lipinski definition) is 3. The summed E-state index contributed by atoms with van der Waals surface area (Å²) in [7, 11) is 0. The number of hydrogen-bond acceptors (Lipinski definition) is 6. The van der Waals surface area contributed by atoms with E-state index in [-0.39, 0.29) is 30.2 Å². The average Bonchev–Trinajstić information content (AvgIpc) is 2.83. The lowest BCUT2D eigenvalue weighted by atomic mass is 10.2. The van der Waals surface area contributed by atoms with E-state index in [0.717, 1.165) is 0 Å². The standard InChI is InChI=1S/C10H12N6O.ClH/c11-8-7-9(15-10(12)14-8)16(4-13-7)5-1-2-6(17)3-5;/h1-2,4-6,17H,3H2,(H4,11,12,14,15);1H/t5-,6+;/m0./s1. The third-order valence-corrected chi connectivity index (χ3v) is 2.86. The second kappa shape index (κ2) is 4.43. The second-order valence-corrected chi connectivity index (χ2v) is 4.05. The van der Waals surface area contributed by atoms with Crippen molar-refractivity contribution in [3.05, 3.63) is 18.5 Å². The Balaban J connectivity index is 0.00000120. The van der Waals surface area contributed by atoms with Crippen molar-refractivity contribution < 1.29 is 5.11 Å². The molecule has 0 unspecified atom stereocenters. The molecule has 2 heterocycles. The summed E-state index contributed by atoms with van der Waals surface area (Å²) in [5, 5.41) is 9.48. The van der Waals surface area contributed by atoms with Gasteiger partial charge in [-0.25, -0.2) is 4.98 Å². The molecule has 0 bridgehead atoms. The summed E-state index contributed by atoms with van der Waals surface area (Å²) in [5.41, 5.74) is 12.4. The molecule has 0 radical (unpaired) electrons. The number of nitrogen functional groups attached to an aromatic ring is 2. The van der Waals surface area contributed by atoms with Crippen molar-refractivity contribution in [2.75, 3.05) is 11.5 Å². The third kappa shape index (κ3) is 1.87. The summed E-state index contributed by atoms with van der Waals surface area (Å²) in [6.45, 7) is 0. The summed E-state index contributed by atoms with van der Waals surface area (Å²) >= 11 is 0. The number of allylic oxidation sites excluding steroid dienone is 1. The van der Waals surface area contributed by atoms with Crippen LogP contribution >= 0.6 is 12.4 Å². The van der Waals surface area contributed by atoms with Gasteiger partial charge in [-0.15, -0.1) is 12.4 Å². The highest BCUT2D eigenvalue weighted by molar-refractivity contribution is 5.85. The monoisotopic (exact) mass is 268 g/mol. The number of nitrogens with two attached hydrogens (primary N) is 2. The minimum atomic E-state index is -0.422. The van der Waals surface area contributed by atoms with Crippen LogP contribution in [0, 0.1) is 0 Å². The summed E-state index contributed by atoms with van der Waals surface area (Å²) in [6.07, 6.45) is 5.50. The largest absolute Gasteiger partial charge is 0.389 e. The van der Waals surface area contributed by atoms with Crippen LogP contribution in [0.5, 0.6) is 0 Å². The average molecular weight is 269 g/mol. The maximum atomic E-state index is 9.48. The first-order valence-electron chi connectivity index (χ1n) is 5.27. The topological polar surface area (TPSA) is 116 Å². The van der Waals surface area contributed by atoms with E-state index in [0.29, 0.717) is 17.6 Å². The SMILES string of the molecule is Cl.Nc1nc(N)c2ncn([C@H]3C=C[C@@H](O)C3)c2n1. The van der Waals surface area contributed by atoms with E-state index in [4.69, 9.17) is 11.5 Å². The molecule has 18 heavy (non-hydrogen) atoms. The Hall–Kier alpha value is -1.86. The van der Waals surface area contributed by atoms with Gasteiger partial charge in [0, 0.05) is 6.42 Å². The Morgan fingerprint density at radius 2 is 2.06 bits per heavy atom. The first-order chi connectivity index (χ1) is 8.15. The van der Waals surface area contributed by atoms with E-state index in [9.17, 15) is 5.11 Å². The Morgan fingerprint density at radius 1 is 1.28 bits per heavy atom. The maximum Gasteiger partial charge on any atom is 0.224 e. The lowest BCUT2D eigenvalue weighted by Crippen LogP contribution is -2.09. The Labute approximate surface area is 109 Å². The zero-order chi connectivity index (χ0) is 12.0. The highest BCUT2D eigenvalue weighted by Crippen LogP contribution is 2.27. The zero-order valence-corrected chi connectivity index (χ0v) is 10.2. The summed E-state index contributed by atoms with van der Waals surface area (Å²) in [5.74, 6) is 0.396. The number of aliphatic hydroxyl groups is 1. The van der Waals surface area contributed by atoms with Gasteiger partial charge in [-0.1, -0.05) is 12.2 Å². The van der Waals surface area contributed by atoms with Crippen molar-refractivity contribution >= 4 is 35.3 Å². The molecule has 0 fully saturated rings. The normalized spacial score (nSPS) is 22.3. The Morgan fingerprint density at radius 3 is 2.72 bits per heavy atom. The van der Waals surface area contributed by atoms with Crippen molar-refractivity contribution in [3.8, 4) is 0 Å². The number of rotatable bonds is 1. The molecule has 8 heteroatoms. The van der Waals surface area contributed by atoms with Gasteiger partial charge in [-0.3, -0.25) is 0 Å². The van der Waals surface area contributed by atoms with Crippen LogP contribution in [-0.2, 0) is 0 Å². The first-order valence-corrected chi connectivity index (χ1v) is 5.27. The molecule has 0 amide bonds. The number of halogens is 1. The van der Waals surface area contributed by atoms with Gasteiger partial charge in [0.2, 0.25) is 5.95 Å². The van der Waals surface area contributed by atoms with Crippen molar-refractivity contribution in [1.29, 1.82) is 0 Å². The number of nitrogens with zero attached hydrogens (tertiary/aromatic N) is 4. The van der Waals surface area contributed by atoms with Gasteiger partial charge in [-0.2, -0.15) is 9.97 Å². The molecule has 0 saturated carbocycles. The van der Waals surface area contributed by atoms with Gasteiger partial charge in [0.25, 0.3) is 0 Å². The van der Waals surface area contributed by atoms with Crippen LogP contribution in [0.25, 0.3) is 11.2 Å². The number of fused-ring (bicyclic) bond motifs is 1. The van der Waals surface area contributed by atoms with E-state index in [1.165, 1.54) is 0 Å². The van der Waals surface area contributed by atoms with Gasteiger partial charge in [0.05, 0.1) is 18.5 Å². The number of aromatic nitrogens is 4. The van der Waals surface area contributed by atoms with Gasteiger partial charge in [0.15, 0.2) is 11.5 Å². The molecule has 0 saturated heterocycles. The summed E-state index contributed by atoms with van der Waals surface area (Å²) in [4.78, 5) is 12.2. The zero-order valence-electron chi connectivity index (χ0n) is 9.39. The van der Waals surface area contributed by atoms with Crippen molar-refractivity contribution in [3.63, 3.8) is 0 Å². The molecule has 5 N–H and O–H groups in total. The van der Waals surface area contributed by atoms with Gasteiger partial charge in [0.1, 0.15) is 5.52 Å². The number of aliphatic hydroxyl groups excluding tert-OH is 1. The van der Waals surface area contributed by atoms with E-state index >= 15 is 0 Å². The highest BCUT2D eigenvalue weighted by atomic mass is 35.5. The van der Waals surface area contributed by atoms with Crippen molar-refractivity contribution in [2.45, 2.75) is 18.6 Å². The van der Waals surface area contributed by atoms with Crippen molar-refractivity contribution in [1.82, 2.24) is 19.5 Å². The molecular weight excluding hydrogens is 256 g/mol. The molecule has 1 aliphatic carbocycles. The molecule has 0 spiro atoms. The molecule has 0 aliphatic heterocycles. The molecule has 7 nitrogen and oxygen atoms in total. The van der Waals surface area contributed by atoms with Crippen LogP contribution in [0.15, 0.2) is 18.5 Å². The first kappa shape index (κ1) is 12.6. The second-order valence-electron chi connectivity index (χ2n) is 4.05. The van der Waals surface area contributed by atoms with Crippen LogP contribution in [-0.4, -0.2) is 30.7 Å². The Kier molecular flexibility index (Phi) is 3.10. The Bertz CT molecular complexity index is 610. The lowest BCUT2D eigenvalue weighted by molar-refractivity contribution is 0.211. The van der Waals surface area contributed by atoms with Gasteiger partial charge >= 0.3 is 0 Å². The molecule has 2 atom stereocenters. The fraction of sp³-hybridized carbons (Fsp3) is 0.300. The smallest absolute Gasteiger partial charge is 0.224 e. The third-order valence-electron chi connectivity index (χ3n) is 2.86. The van der Waals surface area contributed by atoms with E-state index < -0.39 is 6.10 Å². The fourth-order valence-electron chi connectivity index (χ4n) is 2.07. The van der Waals surface area contributed by atoms with E-state index in [2.05, 4.69) is 15.0 Å². The summed E-state index contributed by atoms with van der Waals surface area (Å²) in [6, 6.07) is 0.0312. The molecule has 1 aliphatic rings. The van der Waals surface area contributed by atoms with Gasteiger partial charge in [-0.05, 0) is 0 Å². The molecule has 0 aromatic carbocycles. The fourth-order valence-corrected chi connectivity index (χ4v) is 2.07. The number of anilines is 2. The lowest BCUT2D eigenvalue weighted by Gasteiger charge is -2.11. The molecule has 2 aromatic rings. The van der Waals surface area contributed by atoms with Crippen LogP contribution < -0.4 is 11.5 Å². The molecular formula is C10H13ClN6O. The predicted octanol–water partition coefficient (Wildman–Crippen LogP) is 0.274. The molecule has 96 valence electrons. The minimum absolute atomic E-state index is 0. The van der Waals surface area contributed by atoms with Gasteiger partial charge < -0.3 is 21.1 Å². The summed E-state index contributed by atoms with van der Waals surface area (Å²) < 4.78 is 1.84. The number of imidazole rings is 1. The molecule has 3 rings (SSSR count). The van der Waals surface area contributed by atoms with Crippen LogP contribution in [0.4, 0.5) is 11.8 Å². The van der Waals surface area contributed by atoms with E-state index in [1.54, 1.807) is 12.4 Å². The van der Waals surface area contributed by atoms with E-state index in [1.807, 2.05) is 10.6 Å². The molecule has 2 aromatic heterocycles. The quantitative estimate of drug-likeness (QED) is 0.640. The van der Waals surface area contributed by atoms with Crippen molar-refractivity contribution in [2.24, 2.45) is 0 Å². The van der Waals surface area contributed by atoms with Crippen LogP contribution in [0.2, 0.25) is 0 Å². The van der Waals surface area contributed by atoms with Crippen LogP contribution in [0.3, 0.4) is 0 Å². The predicted molar refractivity (Wildman–Crippen MR) is 70.2 cm³/mol. The highest BCUT2D eigenvalue weighted by Gasteiger charge is 2.21. The van der Waals surface area contributed by atoms with Crippen LogP contribution in [0.1, 0.15) is 12.5 Å². The maximum absolute atomic E-state index is 9.48.